The number of fused-ring (bicyclic) bond motifs is 1. The van der Waals surface area contributed by atoms with E-state index < -0.39 is 0 Å². The van der Waals surface area contributed by atoms with Gasteiger partial charge in [-0.3, -0.25) is 14.2 Å². The fraction of sp³-hybridized carbons (Fsp3) is 0.211. The zero-order chi connectivity index (χ0) is 17.8. The molecule has 1 amide bonds. The number of amides is 1. The highest BCUT2D eigenvalue weighted by Crippen LogP contribution is 2.19. The molecular formula is C19H19N3O2S. The molecule has 0 bridgehead atoms. The molecule has 0 aliphatic heterocycles. The standard InChI is InChI=1S/C19H19N3O2S/c1-3-22-18(24)15-11-7-8-12-16(15)20-19(22)25-13-17(23)21(2)14-9-5-4-6-10-14/h4-12H,3,13H2,1-2H3. The van der Waals surface area contributed by atoms with Crippen LogP contribution in [0.5, 0.6) is 0 Å². The summed E-state index contributed by atoms with van der Waals surface area (Å²) in [6, 6.07) is 16.8. The van der Waals surface area contributed by atoms with Gasteiger partial charge in [-0.05, 0) is 31.2 Å². The molecule has 6 heteroatoms. The molecule has 0 unspecified atom stereocenters. The minimum atomic E-state index is -0.0699. The van der Waals surface area contributed by atoms with Crippen LogP contribution in [0, 0.1) is 0 Å². The van der Waals surface area contributed by atoms with Gasteiger partial charge in [-0.2, -0.15) is 0 Å². The Bertz CT molecular complexity index is 954. The predicted molar refractivity (Wildman–Crippen MR) is 102 cm³/mol. The molecule has 0 saturated heterocycles. The summed E-state index contributed by atoms with van der Waals surface area (Å²) in [5, 5.41) is 1.17. The quantitative estimate of drug-likeness (QED) is 0.522. The summed E-state index contributed by atoms with van der Waals surface area (Å²) in [6.07, 6.45) is 0. The first kappa shape index (κ1) is 17.2. The second kappa shape index (κ2) is 7.53. The SMILES string of the molecule is CCn1c(SCC(=O)N(C)c2ccccc2)nc2ccccc2c1=O. The van der Waals surface area contributed by atoms with Crippen molar-refractivity contribution < 1.29 is 4.79 Å². The van der Waals surface area contributed by atoms with E-state index in [0.29, 0.717) is 22.6 Å². The molecule has 1 heterocycles. The number of rotatable bonds is 5. The van der Waals surface area contributed by atoms with Gasteiger partial charge in [0.15, 0.2) is 5.16 Å². The molecule has 0 spiro atoms. The van der Waals surface area contributed by atoms with Gasteiger partial charge in [-0.1, -0.05) is 42.1 Å². The van der Waals surface area contributed by atoms with E-state index in [1.165, 1.54) is 11.8 Å². The molecule has 0 N–H and O–H groups in total. The van der Waals surface area contributed by atoms with E-state index in [-0.39, 0.29) is 17.2 Å². The van der Waals surface area contributed by atoms with Crippen molar-refractivity contribution >= 4 is 34.3 Å². The minimum Gasteiger partial charge on any atom is -0.315 e. The molecule has 25 heavy (non-hydrogen) atoms. The van der Waals surface area contributed by atoms with Crippen molar-refractivity contribution in [2.45, 2.75) is 18.6 Å². The lowest BCUT2D eigenvalue weighted by Gasteiger charge is -2.17. The minimum absolute atomic E-state index is 0.0405. The van der Waals surface area contributed by atoms with Gasteiger partial charge in [-0.25, -0.2) is 4.98 Å². The summed E-state index contributed by atoms with van der Waals surface area (Å²) in [6.45, 7) is 2.42. The highest BCUT2D eigenvalue weighted by atomic mass is 32.2. The Morgan fingerprint density at radius 3 is 2.52 bits per heavy atom. The third-order valence-corrected chi connectivity index (χ3v) is 4.95. The van der Waals surface area contributed by atoms with Crippen LogP contribution in [-0.4, -0.2) is 28.3 Å². The first-order chi connectivity index (χ1) is 12.1. The molecule has 128 valence electrons. The third-order valence-electron chi connectivity index (χ3n) is 3.99. The van der Waals surface area contributed by atoms with Gasteiger partial charge in [0.1, 0.15) is 0 Å². The lowest BCUT2D eigenvalue weighted by molar-refractivity contribution is -0.115. The van der Waals surface area contributed by atoms with E-state index >= 15 is 0 Å². The van der Waals surface area contributed by atoms with Crippen LogP contribution < -0.4 is 10.5 Å². The Morgan fingerprint density at radius 1 is 1.12 bits per heavy atom. The van der Waals surface area contributed by atoms with Crippen molar-refractivity contribution in [2.24, 2.45) is 0 Å². The van der Waals surface area contributed by atoms with E-state index in [9.17, 15) is 9.59 Å². The topological polar surface area (TPSA) is 55.2 Å². The molecule has 3 rings (SSSR count). The molecule has 5 nitrogen and oxygen atoms in total. The summed E-state index contributed by atoms with van der Waals surface area (Å²) in [7, 11) is 1.75. The number of carbonyl (C=O) groups is 1. The van der Waals surface area contributed by atoms with E-state index in [4.69, 9.17) is 0 Å². The largest absolute Gasteiger partial charge is 0.315 e. The molecule has 0 saturated carbocycles. The normalized spacial score (nSPS) is 10.8. The number of hydrogen-bond acceptors (Lipinski definition) is 4. The van der Waals surface area contributed by atoms with Crippen molar-refractivity contribution in [1.29, 1.82) is 0 Å². The molecule has 0 atom stereocenters. The van der Waals surface area contributed by atoms with Crippen molar-refractivity contribution in [3.05, 3.63) is 65.0 Å². The Morgan fingerprint density at radius 2 is 1.80 bits per heavy atom. The number of hydrogen-bond donors (Lipinski definition) is 0. The second-order valence-electron chi connectivity index (χ2n) is 5.54. The van der Waals surface area contributed by atoms with Crippen molar-refractivity contribution in [3.63, 3.8) is 0 Å². The zero-order valence-corrected chi connectivity index (χ0v) is 15.0. The fourth-order valence-electron chi connectivity index (χ4n) is 2.56. The van der Waals surface area contributed by atoms with Crippen LogP contribution in [0.25, 0.3) is 10.9 Å². The van der Waals surface area contributed by atoms with Gasteiger partial charge in [0.25, 0.3) is 5.56 Å². The first-order valence-corrected chi connectivity index (χ1v) is 9.04. The van der Waals surface area contributed by atoms with Crippen LogP contribution >= 0.6 is 11.8 Å². The summed E-state index contributed by atoms with van der Waals surface area (Å²) in [4.78, 5) is 31.2. The van der Waals surface area contributed by atoms with Crippen LogP contribution in [0.4, 0.5) is 5.69 Å². The van der Waals surface area contributed by atoms with Crippen LogP contribution in [0.3, 0.4) is 0 Å². The van der Waals surface area contributed by atoms with Crippen molar-refractivity contribution in [1.82, 2.24) is 9.55 Å². The number of carbonyl (C=O) groups excluding carboxylic acids is 1. The van der Waals surface area contributed by atoms with Crippen LogP contribution in [-0.2, 0) is 11.3 Å². The lowest BCUT2D eigenvalue weighted by atomic mass is 10.2. The number of benzene rings is 2. The van der Waals surface area contributed by atoms with Gasteiger partial charge >= 0.3 is 0 Å². The average molecular weight is 353 g/mol. The third kappa shape index (κ3) is 3.58. The number of thioether (sulfide) groups is 1. The summed E-state index contributed by atoms with van der Waals surface area (Å²) < 4.78 is 1.61. The number of aromatic nitrogens is 2. The van der Waals surface area contributed by atoms with E-state index in [1.54, 1.807) is 22.6 Å². The van der Waals surface area contributed by atoms with E-state index in [0.717, 1.165) is 5.69 Å². The highest BCUT2D eigenvalue weighted by molar-refractivity contribution is 7.99. The smallest absolute Gasteiger partial charge is 0.262 e. The number of nitrogens with zero attached hydrogens (tertiary/aromatic N) is 3. The van der Waals surface area contributed by atoms with Crippen molar-refractivity contribution in [2.75, 3.05) is 17.7 Å². The van der Waals surface area contributed by atoms with Crippen molar-refractivity contribution in [3.8, 4) is 0 Å². The van der Waals surface area contributed by atoms with Gasteiger partial charge < -0.3 is 4.90 Å². The summed E-state index contributed by atoms with van der Waals surface area (Å²) in [5.41, 5.74) is 1.43. The lowest BCUT2D eigenvalue weighted by Crippen LogP contribution is -2.28. The first-order valence-electron chi connectivity index (χ1n) is 8.05. The zero-order valence-electron chi connectivity index (χ0n) is 14.2. The Balaban J connectivity index is 1.83. The van der Waals surface area contributed by atoms with Gasteiger partial charge in [0, 0.05) is 19.3 Å². The fourth-order valence-corrected chi connectivity index (χ4v) is 3.53. The predicted octanol–water partition coefficient (Wildman–Crippen LogP) is 3.17. The van der Waals surface area contributed by atoms with Gasteiger partial charge in [0.05, 0.1) is 16.7 Å². The Labute approximate surface area is 150 Å². The number of para-hydroxylation sites is 2. The molecule has 2 aromatic carbocycles. The molecule has 1 aromatic heterocycles. The number of anilines is 1. The maximum atomic E-state index is 12.6. The molecule has 3 aromatic rings. The van der Waals surface area contributed by atoms with E-state index in [1.807, 2.05) is 55.5 Å². The molecule has 0 aliphatic rings. The highest BCUT2D eigenvalue weighted by Gasteiger charge is 2.15. The molecule has 0 aliphatic carbocycles. The second-order valence-corrected chi connectivity index (χ2v) is 6.48. The van der Waals surface area contributed by atoms with Crippen LogP contribution in [0.1, 0.15) is 6.92 Å². The molecular weight excluding hydrogens is 334 g/mol. The summed E-state index contributed by atoms with van der Waals surface area (Å²) in [5.74, 6) is 0.178. The van der Waals surface area contributed by atoms with Gasteiger partial charge in [-0.15, -0.1) is 0 Å². The maximum Gasteiger partial charge on any atom is 0.262 e. The Kier molecular flexibility index (Phi) is 5.19. The van der Waals surface area contributed by atoms with Gasteiger partial charge in [0.2, 0.25) is 5.91 Å². The Hall–Kier alpha value is -2.60. The van der Waals surface area contributed by atoms with Crippen LogP contribution in [0.15, 0.2) is 64.5 Å². The molecule has 0 fully saturated rings. The van der Waals surface area contributed by atoms with E-state index in [2.05, 4.69) is 4.98 Å². The maximum absolute atomic E-state index is 12.6. The van der Waals surface area contributed by atoms with Crippen LogP contribution in [0.2, 0.25) is 0 Å². The summed E-state index contributed by atoms with van der Waals surface area (Å²) >= 11 is 1.29. The molecule has 0 radical (unpaired) electrons. The monoisotopic (exact) mass is 353 g/mol. The average Bonchev–Trinajstić information content (AvgIpc) is 2.66.